The highest BCUT2D eigenvalue weighted by molar-refractivity contribution is 5.55. The van der Waals surface area contributed by atoms with Crippen LogP contribution in [0.3, 0.4) is 0 Å². The molecule has 0 amide bonds. The summed E-state index contributed by atoms with van der Waals surface area (Å²) in [5.74, 6) is 2.15. The molecular formula is C15H19N3O2. The smallest absolute Gasteiger partial charge is 0.169 e. The third-order valence-electron chi connectivity index (χ3n) is 2.82. The van der Waals surface area contributed by atoms with Gasteiger partial charge in [-0.05, 0) is 36.8 Å². The molecule has 0 atom stereocenters. The lowest BCUT2D eigenvalue weighted by atomic mass is 10.2. The van der Waals surface area contributed by atoms with Crippen molar-refractivity contribution in [3.8, 4) is 11.5 Å². The number of nitrogens with one attached hydrogen (secondary N) is 1. The SMILES string of the molecule is CCOc1cccnc1NCc1ccc(OC)c(N)c1. The molecule has 1 aromatic carbocycles. The fourth-order valence-electron chi connectivity index (χ4n) is 1.87. The minimum absolute atomic E-state index is 0.607. The second-order valence-electron chi connectivity index (χ2n) is 4.21. The lowest BCUT2D eigenvalue weighted by Crippen LogP contribution is -2.05. The number of rotatable bonds is 6. The summed E-state index contributed by atoms with van der Waals surface area (Å²) < 4.78 is 10.7. The number of aromatic nitrogens is 1. The number of ether oxygens (including phenoxy) is 2. The first-order valence-electron chi connectivity index (χ1n) is 6.48. The van der Waals surface area contributed by atoms with Crippen LogP contribution < -0.4 is 20.5 Å². The summed E-state index contributed by atoms with van der Waals surface area (Å²) in [6.07, 6.45) is 1.73. The first kappa shape index (κ1) is 14.0. The summed E-state index contributed by atoms with van der Waals surface area (Å²) in [6.45, 7) is 3.17. The average Bonchev–Trinajstić information content (AvgIpc) is 2.47. The normalized spacial score (nSPS) is 10.1. The highest BCUT2D eigenvalue weighted by atomic mass is 16.5. The molecule has 0 aliphatic rings. The predicted molar refractivity (Wildman–Crippen MR) is 80.1 cm³/mol. The Morgan fingerprint density at radius 1 is 1.25 bits per heavy atom. The zero-order valence-corrected chi connectivity index (χ0v) is 11.7. The van der Waals surface area contributed by atoms with Crippen LogP contribution in [-0.2, 0) is 6.54 Å². The van der Waals surface area contributed by atoms with E-state index in [0.29, 0.717) is 24.6 Å². The van der Waals surface area contributed by atoms with Gasteiger partial charge in [-0.25, -0.2) is 4.98 Å². The van der Waals surface area contributed by atoms with Crippen molar-refractivity contribution in [1.82, 2.24) is 4.98 Å². The van der Waals surface area contributed by atoms with Crippen LogP contribution in [0.1, 0.15) is 12.5 Å². The highest BCUT2D eigenvalue weighted by Crippen LogP contribution is 2.24. The Labute approximate surface area is 118 Å². The zero-order valence-electron chi connectivity index (χ0n) is 11.7. The van der Waals surface area contributed by atoms with Gasteiger partial charge in [0.1, 0.15) is 5.75 Å². The lowest BCUT2D eigenvalue weighted by Gasteiger charge is -2.12. The predicted octanol–water partition coefficient (Wildman–Crippen LogP) is 2.68. The summed E-state index contributed by atoms with van der Waals surface area (Å²) >= 11 is 0. The van der Waals surface area contributed by atoms with Crippen molar-refractivity contribution < 1.29 is 9.47 Å². The largest absolute Gasteiger partial charge is 0.495 e. The van der Waals surface area contributed by atoms with Gasteiger partial charge in [0.25, 0.3) is 0 Å². The van der Waals surface area contributed by atoms with Crippen molar-refractivity contribution in [2.24, 2.45) is 0 Å². The highest BCUT2D eigenvalue weighted by Gasteiger charge is 2.05. The number of nitrogen functional groups attached to an aromatic ring is 1. The maximum absolute atomic E-state index is 5.89. The van der Waals surface area contributed by atoms with Crippen molar-refractivity contribution in [2.75, 3.05) is 24.8 Å². The van der Waals surface area contributed by atoms with E-state index < -0.39 is 0 Å². The zero-order chi connectivity index (χ0) is 14.4. The number of nitrogens with two attached hydrogens (primary N) is 1. The van der Waals surface area contributed by atoms with Crippen molar-refractivity contribution in [3.05, 3.63) is 42.1 Å². The van der Waals surface area contributed by atoms with Crippen molar-refractivity contribution in [2.45, 2.75) is 13.5 Å². The number of benzene rings is 1. The van der Waals surface area contributed by atoms with E-state index in [1.807, 2.05) is 37.3 Å². The summed E-state index contributed by atoms with van der Waals surface area (Å²) in [5, 5.41) is 3.25. The standard InChI is InChI=1S/C15H19N3O2/c1-3-20-14-5-4-8-17-15(14)18-10-11-6-7-13(19-2)12(16)9-11/h4-9H,3,10,16H2,1-2H3,(H,17,18). The molecule has 0 unspecified atom stereocenters. The summed E-state index contributed by atoms with van der Waals surface area (Å²) in [4.78, 5) is 4.28. The Balaban J connectivity index is 2.07. The molecule has 106 valence electrons. The van der Waals surface area contributed by atoms with Crippen molar-refractivity contribution in [1.29, 1.82) is 0 Å². The Kier molecular flexibility index (Phi) is 4.65. The molecular weight excluding hydrogens is 254 g/mol. The maximum atomic E-state index is 5.89. The van der Waals surface area contributed by atoms with Crippen LogP contribution >= 0.6 is 0 Å². The minimum Gasteiger partial charge on any atom is -0.495 e. The molecule has 1 heterocycles. The van der Waals surface area contributed by atoms with Crippen LogP contribution in [-0.4, -0.2) is 18.7 Å². The molecule has 2 rings (SSSR count). The van der Waals surface area contributed by atoms with Gasteiger partial charge in [-0.1, -0.05) is 6.07 Å². The molecule has 3 N–H and O–H groups in total. The molecule has 5 nitrogen and oxygen atoms in total. The van der Waals surface area contributed by atoms with Crippen molar-refractivity contribution in [3.63, 3.8) is 0 Å². The van der Waals surface area contributed by atoms with Gasteiger partial charge in [0, 0.05) is 12.7 Å². The van der Waals surface area contributed by atoms with Gasteiger partial charge in [-0.2, -0.15) is 0 Å². The van der Waals surface area contributed by atoms with Crippen LogP contribution in [0.5, 0.6) is 11.5 Å². The van der Waals surface area contributed by atoms with Gasteiger partial charge in [-0.15, -0.1) is 0 Å². The molecule has 0 fully saturated rings. The molecule has 2 aromatic rings. The van der Waals surface area contributed by atoms with Crippen LogP contribution in [0, 0.1) is 0 Å². The first-order valence-corrected chi connectivity index (χ1v) is 6.48. The van der Waals surface area contributed by atoms with E-state index in [2.05, 4.69) is 10.3 Å². The number of methoxy groups -OCH3 is 1. The lowest BCUT2D eigenvalue weighted by molar-refractivity contribution is 0.340. The van der Waals surface area contributed by atoms with Gasteiger partial charge >= 0.3 is 0 Å². The fraction of sp³-hybridized carbons (Fsp3) is 0.267. The number of hydrogen-bond donors (Lipinski definition) is 2. The van der Waals surface area contributed by atoms with E-state index in [1.54, 1.807) is 13.3 Å². The number of hydrogen-bond acceptors (Lipinski definition) is 5. The Morgan fingerprint density at radius 3 is 2.80 bits per heavy atom. The van der Waals surface area contributed by atoms with Crippen LogP contribution in [0.15, 0.2) is 36.5 Å². The third kappa shape index (κ3) is 3.32. The van der Waals surface area contributed by atoms with E-state index in [9.17, 15) is 0 Å². The molecule has 0 saturated carbocycles. The topological polar surface area (TPSA) is 69.4 Å². The Morgan fingerprint density at radius 2 is 2.10 bits per heavy atom. The molecule has 0 aliphatic carbocycles. The van der Waals surface area contributed by atoms with Gasteiger partial charge in [-0.3, -0.25) is 0 Å². The Bertz CT molecular complexity index is 573. The van der Waals surface area contributed by atoms with Gasteiger partial charge < -0.3 is 20.5 Å². The molecule has 1 aromatic heterocycles. The maximum Gasteiger partial charge on any atom is 0.169 e. The molecule has 20 heavy (non-hydrogen) atoms. The van der Waals surface area contributed by atoms with E-state index in [1.165, 1.54) is 0 Å². The molecule has 0 radical (unpaired) electrons. The monoisotopic (exact) mass is 273 g/mol. The van der Waals surface area contributed by atoms with E-state index >= 15 is 0 Å². The molecule has 0 spiro atoms. The second-order valence-corrected chi connectivity index (χ2v) is 4.21. The summed E-state index contributed by atoms with van der Waals surface area (Å²) in [5.41, 5.74) is 7.56. The summed E-state index contributed by atoms with van der Waals surface area (Å²) in [7, 11) is 1.60. The van der Waals surface area contributed by atoms with Gasteiger partial charge in [0.2, 0.25) is 0 Å². The van der Waals surface area contributed by atoms with Crippen molar-refractivity contribution >= 4 is 11.5 Å². The number of anilines is 2. The van der Waals surface area contributed by atoms with E-state index in [0.717, 1.165) is 17.1 Å². The second kappa shape index (κ2) is 6.65. The Hall–Kier alpha value is -2.43. The molecule has 0 bridgehead atoms. The third-order valence-corrected chi connectivity index (χ3v) is 2.82. The number of pyridine rings is 1. The minimum atomic E-state index is 0.607. The van der Waals surface area contributed by atoms with E-state index in [-0.39, 0.29) is 0 Å². The fourth-order valence-corrected chi connectivity index (χ4v) is 1.87. The number of nitrogens with zero attached hydrogens (tertiary/aromatic N) is 1. The van der Waals surface area contributed by atoms with E-state index in [4.69, 9.17) is 15.2 Å². The molecule has 5 heteroatoms. The van der Waals surface area contributed by atoms with Crippen LogP contribution in [0.25, 0.3) is 0 Å². The van der Waals surface area contributed by atoms with Crippen LogP contribution in [0.4, 0.5) is 11.5 Å². The molecule has 0 saturated heterocycles. The van der Waals surface area contributed by atoms with Gasteiger partial charge in [0.15, 0.2) is 11.6 Å². The van der Waals surface area contributed by atoms with Gasteiger partial charge in [0.05, 0.1) is 19.4 Å². The summed E-state index contributed by atoms with van der Waals surface area (Å²) in [6, 6.07) is 9.44. The average molecular weight is 273 g/mol. The van der Waals surface area contributed by atoms with Crippen LogP contribution in [0.2, 0.25) is 0 Å². The quantitative estimate of drug-likeness (QED) is 0.792. The first-order chi connectivity index (χ1) is 9.74. The molecule has 0 aliphatic heterocycles.